The van der Waals surface area contributed by atoms with Crippen LogP contribution in [0.15, 0.2) is 41.8 Å². The maximum Gasteiger partial charge on any atom is 0.319 e. The van der Waals surface area contributed by atoms with Crippen molar-refractivity contribution in [3.63, 3.8) is 0 Å². The van der Waals surface area contributed by atoms with Gasteiger partial charge in [0.2, 0.25) is 0 Å². The monoisotopic (exact) mass is 264 g/mol. The molecule has 0 bridgehead atoms. The van der Waals surface area contributed by atoms with Crippen LogP contribution in [0.5, 0.6) is 0 Å². The number of amides is 2. The molecular weight excluding hydrogens is 251 g/mol. The summed E-state index contributed by atoms with van der Waals surface area (Å²) >= 11 is 1.57. The standard InChI is InChI=1S/C13H13FN2OS/c1-9(12-7-4-8-18-12)15-13(17)16-11-6-3-2-5-10(11)14/h2-9H,1H3,(H2,15,16,17)/t9-/m1/s1. The Balaban J connectivity index is 1.95. The minimum Gasteiger partial charge on any atom is -0.331 e. The molecule has 0 saturated carbocycles. The summed E-state index contributed by atoms with van der Waals surface area (Å²) in [4.78, 5) is 12.7. The van der Waals surface area contributed by atoms with Crippen molar-refractivity contribution in [3.05, 3.63) is 52.5 Å². The molecule has 0 saturated heterocycles. The molecule has 94 valence electrons. The van der Waals surface area contributed by atoms with E-state index in [4.69, 9.17) is 0 Å². The van der Waals surface area contributed by atoms with Gasteiger partial charge in [-0.15, -0.1) is 11.3 Å². The summed E-state index contributed by atoms with van der Waals surface area (Å²) in [5, 5.41) is 7.18. The van der Waals surface area contributed by atoms with Crippen LogP contribution in [-0.4, -0.2) is 6.03 Å². The summed E-state index contributed by atoms with van der Waals surface area (Å²) in [5.41, 5.74) is 0.174. The van der Waals surface area contributed by atoms with Crippen LogP contribution < -0.4 is 10.6 Å². The molecule has 5 heteroatoms. The number of nitrogens with one attached hydrogen (secondary N) is 2. The molecule has 0 fully saturated rings. The largest absolute Gasteiger partial charge is 0.331 e. The van der Waals surface area contributed by atoms with Gasteiger partial charge in [0, 0.05) is 4.88 Å². The Morgan fingerprint density at radius 3 is 2.72 bits per heavy atom. The Labute approximate surface area is 109 Å². The van der Waals surface area contributed by atoms with Gasteiger partial charge in [-0.05, 0) is 30.5 Å². The van der Waals surface area contributed by atoms with Crippen molar-refractivity contribution >= 4 is 23.1 Å². The molecule has 1 atom stereocenters. The topological polar surface area (TPSA) is 41.1 Å². The van der Waals surface area contributed by atoms with E-state index >= 15 is 0 Å². The minimum atomic E-state index is -0.448. The SMILES string of the molecule is C[C@@H](NC(=O)Nc1ccccc1F)c1cccs1. The summed E-state index contributed by atoms with van der Waals surface area (Å²) in [6.45, 7) is 1.88. The lowest BCUT2D eigenvalue weighted by atomic mass is 10.3. The van der Waals surface area contributed by atoms with Crippen molar-refractivity contribution in [3.8, 4) is 0 Å². The third kappa shape index (κ3) is 3.07. The number of para-hydroxylation sites is 1. The number of rotatable bonds is 3. The molecule has 0 spiro atoms. The molecule has 2 rings (SSSR count). The molecule has 2 aromatic rings. The molecule has 0 aliphatic rings. The summed E-state index contributed by atoms with van der Waals surface area (Å²) in [6.07, 6.45) is 0. The number of carbonyl (C=O) groups is 1. The van der Waals surface area contributed by atoms with Gasteiger partial charge in [0.15, 0.2) is 0 Å². The van der Waals surface area contributed by atoms with Crippen molar-refractivity contribution in [1.82, 2.24) is 5.32 Å². The minimum absolute atomic E-state index is 0.100. The highest BCUT2D eigenvalue weighted by atomic mass is 32.1. The predicted octanol–water partition coefficient (Wildman–Crippen LogP) is 3.77. The molecule has 0 radical (unpaired) electrons. The van der Waals surface area contributed by atoms with Crippen LogP contribution in [0.1, 0.15) is 17.8 Å². The van der Waals surface area contributed by atoms with E-state index < -0.39 is 11.8 Å². The average Bonchev–Trinajstić information content (AvgIpc) is 2.85. The summed E-state index contributed by atoms with van der Waals surface area (Å²) in [7, 11) is 0. The Morgan fingerprint density at radius 2 is 2.06 bits per heavy atom. The van der Waals surface area contributed by atoms with E-state index in [0.717, 1.165) is 4.88 Å². The van der Waals surface area contributed by atoms with Gasteiger partial charge < -0.3 is 10.6 Å². The number of hydrogen-bond donors (Lipinski definition) is 2. The second-order valence-corrected chi connectivity index (χ2v) is 4.79. The Hall–Kier alpha value is -1.88. The maximum atomic E-state index is 13.3. The third-order valence-electron chi connectivity index (χ3n) is 2.44. The van der Waals surface area contributed by atoms with E-state index in [1.165, 1.54) is 12.1 Å². The van der Waals surface area contributed by atoms with E-state index in [0.29, 0.717) is 0 Å². The second-order valence-electron chi connectivity index (χ2n) is 3.82. The lowest BCUT2D eigenvalue weighted by Crippen LogP contribution is -2.31. The fraction of sp³-hybridized carbons (Fsp3) is 0.154. The van der Waals surface area contributed by atoms with E-state index in [-0.39, 0.29) is 11.7 Å². The average molecular weight is 264 g/mol. The summed E-state index contributed by atoms with van der Waals surface area (Å²) in [5.74, 6) is -0.448. The van der Waals surface area contributed by atoms with Crippen molar-refractivity contribution in [2.45, 2.75) is 13.0 Å². The van der Waals surface area contributed by atoms with E-state index in [1.54, 1.807) is 23.5 Å². The number of carbonyl (C=O) groups excluding carboxylic acids is 1. The van der Waals surface area contributed by atoms with Crippen molar-refractivity contribution < 1.29 is 9.18 Å². The first-order chi connectivity index (χ1) is 8.66. The lowest BCUT2D eigenvalue weighted by molar-refractivity contribution is 0.249. The zero-order valence-corrected chi connectivity index (χ0v) is 10.6. The van der Waals surface area contributed by atoms with Gasteiger partial charge in [-0.1, -0.05) is 18.2 Å². The fourth-order valence-corrected chi connectivity index (χ4v) is 2.26. The van der Waals surface area contributed by atoms with E-state index in [1.807, 2.05) is 24.4 Å². The first kappa shape index (κ1) is 12.6. The van der Waals surface area contributed by atoms with E-state index in [9.17, 15) is 9.18 Å². The summed E-state index contributed by atoms with van der Waals surface area (Å²) in [6, 6.07) is 9.42. The molecule has 18 heavy (non-hydrogen) atoms. The molecule has 2 amide bonds. The lowest BCUT2D eigenvalue weighted by Gasteiger charge is -2.13. The number of thiophene rings is 1. The van der Waals surface area contributed by atoms with Gasteiger partial charge in [-0.25, -0.2) is 9.18 Å². The van der Waals surface area contributed by atoms with Crippen LogP contribution in [0.2, 0.25) is 0 Å². The molecule has 2 N–H and O–H groups in total. The highest BCUT2D eigenvalue weighted by Crippen LogP contribution is 2.18. The van der Waals surface area contributed by atoms with Crippen LogP contribution in [0.25, 0.3) is 0 Å². The molecule has 0 aliphatic heterocycles. The smallest absolute Gasteiger partial charge is 0.319 e. The zero-order chi connectivity index (χ0) is 13.0. The Kier molecular flexibility index (Phi) is 3.94. The number of urea groups is 1. The van der Waals surface area contributed by atoms with Gasteiger partial charge in [-0.2, -0.15) is 0 Å². The van der Waals surface area contributed by atoms with Crippen LogP contribution in [0, 0.1) is 5.82 Å². The zero-order valence-electron chi connectivity index (χ0n) is 9.81. The third-order valence-corrected chi connectivity index (χ3v) is 3.49. The number of benzene rings is 1. The fourth-order valence-electron chi connectivity index (χ4n) is 1.53. The number of anilines is 1. The van der Waals surface area contributed by atoms with Crippen LogP contribution >= 0.6 is 11.3 Å². The van der Waals surface area contributed by atoms with Crippen molar-refractivity contribution in [2.24, 2.45) is 0 Å². The number of halogens is 1. The van der Waals surface area contributed by atoms with Crippen LogP contribution in [0.3, 0.4) is 0 Å². The molecule has 3 nitrogen and oxygen atoms in total. The molecule has 1 aromatic carbocycles. The van der Waals surface area contributed by atoms with Gasteiger partial charge in [0.05, 0.1) is 11.7 Å². The van der Waals surface area contributed by atoms with Crippen molar-refractivity contribution in [2.75, 3.05) is 5.32 Å². The highest BCUT2D eigenvalue weighted by Gasteiger charge is 2.11. The second kappa shape index (κ2) is 5.64. The Morgan fingerprint density at radius 1 is 1.28 bits per heavy atom. The van der Waals surface area contributed by atoms with Crippen LogP contribution in [-0.2, 0) is 0 Å². The van der Waals surface area contributed by atoms with Gasteiger partial charge in [0.25, 0.3) is 0 Å². The summed E-state index contributed by atoms with van der Waals surface area (Å²) < 4.78 is 13.3. The first-order valence-electron chi connectivity index (χ1n) is 5.52. The van der Waals surface area contributed by atoms with Gasteiger partial charge >= 0.3 is 6.03 Å². The van der Waals surface area contributed by atoms with E-state index in [2.05, 4.69) is 10.6 Å². The normalized spacial score (nSPS) is 11.9. The molecule has 0 unspecified atom stereocenters. The molecule has 1 aromatic heterocycles. The van der Waals surface area contributed by atoms with Crippen molar-refractivity contribution in [1.29, 1.82) is 0 Å². The maximum absolute atomic E-state index is 13.3. The quantitative estimate of drug-likeness (QED) is 0.870. The number of hydrogen-bond acceptors (Lipinski definition) is 2. The Bertz CT molecular complexity index is 528. The van der Waals surface area contributed by atoms with Crippen LogP contribution in [0.4, 0.5) is 14.9 Å². The highest BCUT2D eigenvalue weighted by molar-refractivity contribution is 7.10. The molecule has 0 aliphatic carbocycles. The molecule has 1 heterocycles. The first-order valence-corrected chi connectivity index (χ1v) is 6.40. The van der Waals surface area contributed by atoms with Gasteiger partial charge in [0.1, 0.15) is 5.82 Å². The molecular formula is C13H13FN2OS. The van der Waals surface area contributed by atoms with Gasteiger partial charge in [-0.3, -0.25) is 0 Å². The predicted molar refractivity (Wildman–Crippen MR) is 71.3 cm³/mol.